The monoisotopic (exact) mass is 379 g/mol. The first kappa shape index (κ1) is 17.3. The van der Waals surface area contributed by atoms with Crippen molar-refractivity contribution in [2.45, 2.75) is 25.7 Å². The van der Waals surface area contributed by atoms with Crippen molar-refractivity contribution in [3.05, 3.63) is 95.8 Å². The molecule has 28 heavy (non-hydrogen) atoms. The van der Waals surface area contributed by atoms with Gasteiger partial charge in [-0.3, -0.25) is 0 Å². The third-order valence-electron chi connectivity index (χ3n) is 5.88. The van der Waals surface area contributed by atoms with E-state index in [1.54, 1.807) is 0 Å². The van der Waals surface area contributed by atoms with Crippen molar-refractivity contribution in [1.29, 1.82) is 0 Å². The van der Waals surface area contributed by atoms with Gasteiger partial charge in [0.05, 0.1) is 14.1 Å². The molecule has 0 aromatic heterocycles. The topological polar surface area (TPSA) is 12.0 Å². The second kappa shape index (κ2) is 6.35. The van der Waals surface area contributed by atoms with Gasteiger partial charge in [-0.05, 0) is 55.3 Å². The van der Waals surface area contributed by atoms with Crippen LogP contribution < -0.4 is 5.32 Å². The van der Waals surface area contributed by atoms with Gasteiger partial charge in [0.25, 0.3) is 0 Å². The minimum Gasteiger partial charge on any atom is -0.381 e. The fourth-order valence-electron chi connectivity index (χ4n) is 4.28. The molecule has 1 nitrogen and oxygen atoms in total. The van der Waals surface area contributed by atoms with Gasteiger partial charge in [-0.15, -0.1) is 0 Å². The first-order chi connectivity index (χ1) is 13.5. The lowest BCUT2D eigenvalue weighted by Gasteiger charge is -2.25. The lowest BCUT2D eigenvalue weighted by molar-refractivity contribution is 0.744. The summed E-state index contributed by atoms with van der Waals surface area (Å²) in [6.45, 7) is 7.16. The van der Waals surface area contributed by atoms with Crippen LogP contribution in [0, 0.1) is 0 Å². The summed E-state index contributed by atoms with van der Waals surface area (Å²) < 4.78 is 0. The summed E-state index contributed by atoms with van der Waals surface area (Å²) in [6, 6.07) is 24.7. The van der Waals surface area contributed by atoms with Crippen LogP contribution in [0.15, 0.2) is 90.3 Å². The number of nitrogens with one attached hydrogen (secondary N) is 1. The predicted octanol–water partition coefficient (Wildman–Crippen LogP) is 7.11. The maximum atomic E-state index is 3.63. The van der Waals surface area contributed by atoms with Gasteiger partial charge in [-0.1, -0.05) is 92.5 Å². The van der Waals surface area contributed by atoms with Gasteiger partial charge in [0.15, 0.2) is 0 Å². The average molecular weight is 380 g/mol. The highest BCUT2D eigenvalue weighted by Gasteiger charge is 2.21. The molecule has 2 heteroatoms. The van der Waals surface area contributed by atoms with Crippen molar-refractivity contribution < 1.29 is 0 Å². The fourth-order valence-corrected chi connectivity index (χ4v) is 5.39. The third kappa shape index (κ3) is 2.76. The molecule has 1 aliphatic heterocycles. The lowest BCUT2D eigenvalue weighted by Crippen LogP contribution is -2.28. The third-order valence-corrected chi connectivity index (χ3v) is 7.92. The molecule has 0 aliphatic carbocycles. The molecule has 1 N–H and O–H groups in total. The van der Waals surface area contributed by atoms with Crippen LogP contribution in [0.5, 0.6) is 0 Å². The zero-order valence-corrected chi connectivity index (χ0v) is 17.7. The Labute approximate surface area is 167 Å². The maximum absolute atomic E-state index is 3.63. The Bertz CT molecular complexity index is 1240. The molecule has 0 radical (unpaired) electrons. The van der Waals surface area contributed by atoms with Crippen molar-refractivity contribution in [3.8, 4) is 0 Å². The molecule has 0 bridgehead atoms. The normalized spacial score (nSPS) is 17.1. The van der Waals surface area contributed by atoms with Crippen LogP contribution in [-0.2, 0) is 0 Å². The second-order valence-electron chi connectivity index (χ2n) is 8.75. The molecule has 1 atom stereocenters. The Balaban J connectivity index is 1.69. The Hall–Kier alpha value is -2.84. The summed E-state index contributed by atoms with van der Waals surface area (Å²) in [5.41, 5.74) is 1.31. The number of fused-ring (bicyclic) bond motifs is 6. The van der Waals surface area contributed by atoms with Crippen molar-refractivity contribution in [2.24, 2.45) is 0 Å². The highest BCUT2D eigenvalue weighted by atomic mass is 28.3. The molecular formula is C26H25NSi. The van der Waals surface area contributed by atoms with E-state index in [9.17, 15) is 0 Å². The first-order valence-electron chi connectivity index (χ1n) is 10.0. The van der Waals surface area contributed by atoms with Crippen LogP contribution in [0.3, 0.4) is 0 Å². The highest BCUT2D eigenvalue weighted by Crippen LogP contribution is 2.36. The van der Waals surface area contributed by atoms with Gasteiger partial charge in [0.1, 0.15) is 0 Å². The molecule has 0 saturated heterocycles. The molecule has 1 heterocycles. The van der Waals surface area contributed by atoms with E-state index in [1.807, 2.05) is 0 Å². The quantitative estimate of drug-likeness (QED) is 0.289. The number of hydrogen-bond donors (Lipinski definition) is 1. The smallest absolute Gasteiger partial charge is 0.0794 e. The molecule has 4 aromatic rings. The number of hydrogen-bond acceptors (Lipinski definition) is 1. The number of rotatable bonds is 2. The number of allylic oxidation sites excluding steroid dienone is 2. The largest absolute Gasteiger partial charge is 0.381 e. The minimum absolute atomic E-state index is 0.231. The van der Waals surface area contributed by atoms with E-state index in [1.165, 1.54) is 43.1 Å². The molecule has 1 aliphatic rings. The summed E-state index contributed by atoms with van der Waals surface area (Å²) in [5.74, 6) is 0. The SMILES string of the molecule is C[Si](C)(C)C1=CNC(c2ccc3c4ccccc4c4ccccc4c3c2)C=C1. The molecule has 138 valence electrons. The highest BCUT2D eigenvalue weighted by molar-refractivity contribution is 6.83. The molecule has 1 unspecified atom stereocenters. The van der Waals surface area contributed by atoms with E-state index >= 15 is 0 Å². The van der Waals surface area contributed by atoms with Gasteiger partial charge in [-0.2, -0.15) is 0 Å². The molecule has 0 saturated carbocycles. The summed E-state index contributed by atoms with van der Waals surface area (Å²) in [4.78, 5) is 0. The molecule has 4 aromatic carbocycles. The average Bonchev–Trinajstić information content (AvgIpc) is 2.73. The van der Waals surface area contributed by atoms with Gasteiger partial charge in [0.2, 0.25) is 0 Å². The van der Waals surface area contributed by atoms with Crippen molar-refractivity contribution in [3.63, 3.8) is 0 Å². The van der Waals surface area contributed by atoms with E-state index < -0.39 is 8.07 Å². The number of benzene rings is 4. The summed E-state index contributed by atoms with van der Waals surface area (Å²) >= 11 is 0. The van der Waals surface area contributed by atoms with E-state index in [4.69, 9.17) is 0 Å². The second-order valence-corrected chi connectivity index (χ2v) is 13.8. The maximum Gasteiger partial charge on any atom is 0.0794 e. The van der Waals surface area contributed by atoms with E-state index in [-0.39, 0.29) is 6.04 Å². The van der Waals surface area contributed by atoms with Gasteiger partial charge in [-0.25, -0.2) is 0 Å². The number of dihydropyridines is 1. The molecule has 5 rings (SSSR count). The predicted molar refractivity (Wildman–Crippen MR) is 125 cm³/mol. The van der Waals surface area contributed by atoms with Crippen LogP contribution in [-0.4, -0.2) is 8.07 Å². The van der Waals surface area contributed by atoms with Gasteiger partial charge in [0, 0.05) is 0 Å². The van der Waals surface area contributed by atoms with Crippen LogP contribution >= 0.6 is 0 Å². The molecule has 0 amide bonds. The van der Waals surface area contributed by atoms with E-state index in [0.29, 0.717) is 0 Å². The van der Waals surface area contributed by atoms with Crippen molar-refractivity contribution >= 4 is 40.4 Å². The van der Waals surface area contributed by atoms with Crippen molar-refractivity contribution in [1.82, 2.24) is 5.32 Å². The fraction of sp³-hybridized carbons (Fsp3) is 0.154. The molecule has 0 spiro atoms. The van der Waals surface area contributed by atoms with Crippen LogP contribution in [0.2, 0.25) is 19.6 Å². The van der Waals surface area contributed by atoms with Gasteiger partial charge < -0.3 is 5.32 Å². The zero-order chi connectivity index (χ0) is 19.3. The standard InChI is InChI=1S/C26H25NSi/c1-28(2,3)19-13-15-26(27-17-19)18-12-14-24-22-10-5-4-8-20(22)21-9-6-7-11-23(21)25(24)16-18/h4-17,26-27H,1-3H3. The van der Waals surface area contributed by atoms with Crippen LogP contribution in [0.4, 0.5) is 0 Å². The lowest BCUT2D eigenvalue weighted by atomic mass is 9.92. The van der Waals surface area contributed by atoms with E-state index in [0.717, 1.165) is 0 Å². The molecular weight excluding hydrogens is 354 g/mol. The Morgan fingerprint density at radius 2 is 1.21 bits per heavy atom. The summed E-state index contributed by atoms with van der Waals surface area (Å²) in [5, 5.41) is 13.1. The molecule has 0 fully saturated rings. The van der Waals surface area contributed by atoms with Gasteiger partial charge >= 0.3 is 0 Å². The Kier molecular flexibility index (Phi) is 3.92. The zero-order valence-electron chi connectivity index (χ0n) is 16.7. The van der Waals surface area contributed by atoms with E-state index in [2.05, 4.69) is 110 Å². The first-order valence-corrected chi connectivity index (χ1v) is 13.5. The Morgan fingerprint density at radius 1 is 0.679 bits per heavy atom. The van der Waals surface area contributed by atoms with Crippen molar-refractivity contribution in [2.75, 3.05) is 0 Å². The summed E-state index contributed by atoms with van der Waals surface area (Å²) in [7, 11) is -1.29. The van der Waals surface area contributed by atoms with Crippen LogP contribution in [0.25, 0.3) is 32.3 Å². The minimum atomic E-state index is -1.29. The summed E-state index contributed by atoms with van der Waals surface area (Å²) in [6.07, 6.45) is 6.88. The van der Waals surface area contributed by atoms with Crippen LogP contribution in [0.1, 0.15) is 11.6 Å². The Morgan fingerprint density at radius 3 is 1.71 bits per heavy atom.